The first-order chi connectivity index (χ1) is 30.5. The molecular formula is C43H43F2N11O7. The van der Waals surface area contributed by atoms with Crippen molar-refractivity contribution >= 4 is 52.6 Å². The van der Waals surface area contributed by atoms with Gasteiger partial charge < -0.3 is 31.0 Å². The molecular weight excluding hydrogens is 821 g/mol. The summed E-state index contributed by atoms with van der Waals surface area (Å²) in [5, 5.41) is 21.3. The smallest absolute Gasteiger partial charge is 0.284 e. The molecule has 8 rings (SSSR count). The normalized spacial score (nSPS) is 16.0. The molecule has 3 aliphatic rings. The summed E-state index contributed by atoms with van der Waals surface area (Å²) in [5.74, 6) is -2.45. The number of amides is 6. The molecule has 20 heteroatoms. The number of piperidine rings is 1. The first-order valence-electron chi connectivity index (χ1n) is 20.6. The SMILES string of the molecule is O=C1CCC(N2C(=O)c3cccc(NCCNCCCCCNC(=O)c4ccc(-n5cc(NC(=O)c6coc(-c7ccnc(NC8CC8)c7)n6)c(C(F)F)n5)cc4)c3C2=O)C(=O)N1. The molecule has 1 saturated carbocycles. The van der Waals surface area contributed by atoms with Crippen LogP contribution < -0.4 is 31.9 Å². The van der Waals surface area contributed by atoms with E-state index in [1.807, 2.05) is 0 Å². The van der Waals surface area contributed by atoms with Crippen molar-refractivity contribution < 1.29 is 42.0 Å². The zero-order valence-electron chi connectivity index (χ0n) is 33.8. The van der Waals surface area contributed by atoms with Crippen LogP contribution in [-0.4, -0.2) is 98.4 Å². The fraction of sp³-hybridized carbons (Fsp3) is 0.326. The van der Waals surface area contributed by atoms with E-state index in [1.165, 1.54) is 10.9 Å². The number of fused-ring (bicyclic) bond motifs is 1. The molecule has 326 valence electrons. The Morgan fingerprint density at radius 2 is 1.70 bits per heavy atom. The molecule has 1 aliphatic carbocycles. The molecule has 3 aromatic heterocycles. The van der Waals surface area contributed by atoms with Crippen LogP contribution in [0.1, 0.15) is 98.6 Å². The lowest BCUT2D eigenvalue weighted by molar-refractivity contribution is -0.136. The largest absolute Gasteiger partial charge is 0.444 e. The minimum Gasteiger partial charge on any atom is -0.444 e. The van der Waals surface area contributed by atoms with E-state index in [0.29, 0.717) is 60.5 Å². The molecule has 0 radical (unpaired) electrons. The van der Waals surface area contributed by atoms with Crippen LogP contribution in [0, 0.1) is 0 Å². The minimum absolute atomic E-state index is 0.0469. The van der Waals surface area contributed by atoms with Gasteiger partial charge in [0.1, 0.15) is 18.1 Å². The molecule has 5 aromatic rings. The first-order valence-corrected chi connectivity index (χ1v) is 20.6. The van der Waals surface area contributed by atoms with Gasteiger partial charge in [-0.1, -0.05) is 12.5 Å². The Labute approximate surface area is 358 Å². The van der Waals surface area contributed by atoms with Gasteiger partial charge in [0, 0.05) is 55.1 Å². The van der Waals surface area contributed by atoms with Crippen molar-refractivity contribution in [2.45, 2.75) is 63.5 Å². The fourth-order valence-electron chi connectivity index (χ4n) is 7.25. The van der Waals surface area contributed by atoms with Crippen molar-refractivity contribution in [1.29, 1.82) is 0 Å². The lowest BCUT2D eigenvalue weighted by atomic mass is 10.0. The third kappa shape index (κ3) is 9.75. The lowest BCUT2D eigenvalue weighted by Gasteiger charge is -2.27. The van der Waals surface area contributed by atoms with Gasteiger partial charge in [0.25, 0.3) is 30.1 Å². The Morgan fingerprint density at radius 3 is 2.48 bits per heavy atom. The quantitative estimate of drug-likeness (QED) is 0.0489. The maximum atomic E-state index is 14.0. The monoisotopic (exact) mass is 863 g/mol. The zero-order chi connectivity index (χ0) is 44.0. The summed E-state index contributed by atoms with van der Waals surface area (Å²) in [4.78, 5) is 85.6. The van der Waals surface area contributed by atoms with Crippen LogP contribution in [0.3, 0.4) is 0 Å². The van der Waals surface area contributed by atoms with Crippen molar-refractivity contribution in [3.63, 3.8) is 0 Å². The van der Waals surface area contributed by atoms with Gasteiger partial charge in [-0.25, -0.2) is 23.4 Å². The highest BCUT2D eigenvalue weighted by atomic mass is 19.3. The van der Waals surface area contributed by atoms with Crippen molar-refractivity contribution in [3.05, 3.63) is 101 Å². The van der Waals surface area contributed by atoms with E-state index in [1.54, 1.807) is 60.8 Å². The summed E-state index contributed by atoms with van der Waals surface area (Å²) in [6.07, 6.45) is 5.69. The molecule has 18 nitrogen and oxygen atoms in total. The molecule has 0 bridgehead atoms. The van der Waals surface area contributed by atoms with E-state index in [9.17, 15) is 37.5 Å². The second kappa shape index (κ2) is 18.7. The van der Waals surface area contributed by atoms with Gasteiger partial charge in [0.05, 0.1) is 28.7 Å². The molecule has 1 atom stereocenters. The average Bonchev–Trinajstić information content (AvgIpc) is 3.65. The second-order valence-corrected chi connectivity index (χ2v) is 15.2. The number of benzene rings is 2. The number of aromatic nitrogens is 4. The van der Waals surface area contributed by atoms with E-state index in [-0.39, 0.29) is 47.1 Å². The van der Waals surface area contributed by atoms with Crippen LogP contribution in [0.25, 0.3) is 17.1 Å². The number of nitrogens with zero attached hydrogens (tertiary/aromatic N) is 5. The molecule has 2 fully saturated rings. The molecule has 0 spiro atoms. The number of unbranched alkanes of at least 4 members (excludes halogenated alkanes) is 2. The summed E-state index contributed by atoms with van der Waals surface area (Å²) in [7, 11) is 0. The standard InChI is InChI=1S/C43H43F2N11O7/c44-37(45)36-30(51-39(59)31-23-63-41(52-31)25-15-18-48-33(21-25)50-26-9-10-26)22-55(54-36)27-11-7-24(8-12-27)38(58)49-17-3-1-2-16-46-19-20-47-29-6-4-5-28-35(29)43(62)56(42(28)61)32-13-14-34(57)53-40(32)60/h4-8,11-12,15,18,21-23,26,32,37,46-47H,1-3,9-10,13-14,16-17,19-20H2,(H,48,50)(H,49,58)(H,51,59)(H,53,57,60). The highest BCUT2D eigenvalue weighted by molar-refractivity contribution is 6.25. The molecule has 6 N–H and O–H groups in total. The number of hydrogen-bond acceptors (Lipinski definition) is 13. The zero-order valence-corrected chi connectivity index (χ0v) is 33.8. The highest BCUT2D eigenvalue weighted by Gasteiger charge is 2.45. The van der Waals surface area contributed by atoms with Crippen molar-refractivity contribution in [3.8, 4) is 17.1 Å². The predicted molar refractivity (Wildman–Crippen MR) is 224 cm³/mol. The molecule has 6 amide bonds. The number of carbonyl (C=O) groups is 6. The average molecular weight is 864 g/mol. The maximum Gasteiger partial charge on any atom is 0.284 e. The van der Waals surface area contributed by atoms with Crippen LogP contribution in [0.15, 0.2) is 77.7 Å². The number of oxazole rings is 1. The summed E-state index contributed by atoms with van der Waals surface area (Å²) in [6, 6.07) is 13.9. The molecule has 2 aliphatic heterocycles. The molecule has 63 heavy (non-hydrogen) atoms. The highest BCUT2D eigenvalue weighted by Crippen LogP contribution is 2.33. The van der Waals surface area contributed by atoms with Crippen molar-refractivity contribution in [1.82, 2.24) is 40.6 Å². The van der Waals surface area contributed by atoms with E-state index in [0.717, 1.165) is 43.3 Å². The maximum absolute atomic E-state index is 14.0. The Hall–Kier alpha value is -7.35. The van der Waals surface area contributed by atoms with E-state index < -0.39 is 47.7 Å². The Bertz CT molecular complexity index is 2560. The van der Waals surface area contributed by atoms with E-state index in [4.69, 9.17) is 4.42 Å². The first kappa shape index (κ1) is 42.3. The van der Waals surface area contributed by atoms with Gasteiger partial charge in [-0.3, -0.25) is 39.0 Å². The summed E-state index contributed by atoms with van der Waals surface area (Å²) < 4.78 is 34.8. The second-order valence-electron chi connectivity index (χ2n) is 15.2. The number of pyridine rings is 1. The lowest BCUT2D eigenvalue weighted by Crippen LogP contribution is -2.54. The van der Waals surface area contributed by atoms with Gasteiger partial charge in [-0.05, 0) is 87.2 Å². The van der Waals surface area contributed by atoms with Gasteiger partial charge in [-0.2, -0.15) is 5.10 Å². The van der Waals surface area contributed by atoms with Crippen LogP contribution in [0.2, 0.25) is 0 Å². The minimum atomic E-state index is -2.99. The van der Waals surface area contributed by atoms with Gasteiger partial charge >= 0.3 is 0 Å². The number of hydrogen-bond donors (Lipinski definition) is 6. The number of rotatable bonds is 19. The Morgan fingerprint density at radius 1 is 0.889 bits per heavy atom. The Balaban J connectivity index is 0.744. The Kier molecular flexibility index (Phi) is 12.6. The number of carbonyl (C=O) groups excluding carboxylic acids is 6. The van der Waals surface area contributed by atoms with Crippen molar-refractivity contribution in [2.24, 2.45) is 0 Å². The number of alkyl halides is 2. The summed E-state index contributed by atoms with van der Waals surface area (Å²) in [6.45, 7) is 2.19. The molecule has 1 saturated heterocycles. The van der Waals surface area contributed by atoms with Crippen molar-refractivity contribution in [2.75, 3.05) is 42.1 Å². The van der Waals surface area contributed by atoms with Gasteiger partial charge in [0.2, 0.25) is 17.7 Å². The molecule has 5 heterocycles. The van der Waals surface area contributed by atoms with Crippen LogP contribution >= 0.6 is 0 Å². The molecule has 1 unspecified atom stereocenters. The van der Waals surface area contributed by atoms with Gasteiger partial charge in [0.15, 0.2) is 11.4 Å². The number of nitrogens with one attached hydrogen (secondary N) is 6. The number of imide groups is 2. The van der Waals surface area contributed by atoms with Crippen LogP contribution in [0.4, 0.5) is 26.0 Å². The third-order valence-corrected chi connectivity index (χ3v) is 10.7. The fourth-order valence-corrected chi connectivity index (χ4v) is 7.25. The topological polar surface area (TPSA) is 235 Å². The summed E-state index contributed by atoms with van der Waals surface area (Å²) in [5.41, 5.74) is 1.30. The van der Waals surface area contributed by atoms with E-state index >= 15 is 0 Å². The third-order valence-electron chi connectivity index (χ3n) is 10.7. The predicted octanol–water partition coefficient (Wildman–Crippen LogP) is 4.69. The van der Waals surface area contributed by atoms with Crippen LogP contribution in [-0.2, 0) is 9.59 Å². The van der Waals surface area contributed by atoms with E-state index in [2.05, 4.69) is 47.0 Å². The summed E-state index contributed by atoms with van der Waals surface area (Å²) >= 11 is 0. The number of halogens is 2. The van der Waals surface area contributed by atoms with Gasteiger partial charge in [-0.15, -0.1) is 0 Å². The number of anilines is 3. The molecule has 2 aromatic carbocycles. The van der Waals surface area contributed by atoms with Crippen LogP contribution in [0.5, 0.6) is 0 Å².